The molecule has 0 amide bonds. The first-order valence-electron chi connectivity index (χ1n) is 3.40. The van der Waals surface area contributed by atoms with Crippen molar-refractivity contribution in [3.05, 3.63) is 48.5 Å². The maximum atomic E-state index is 2.12. The van der Waals surface area contributed by atoms with Crippen LogP contribution in [0.2, 0.25) is 0 Å². The second-order valence-electron chi connectivity index (χ2n) is 2.35. The molecule has 0 N–H and O–H groups in total. The maximum Gasteiger partial charge on any atom is 0 e. The summed E-state index contributed by atoms with van der Waals surface area (Å²) in [5, 5.41) is 0. The van der Waals surface area contributed by atoms with Crippen molar-refractivity contribution in [1.29, 1.82) is 0 Å². The van der Waals surface area contributed by atoms with E-state index < -0.39 is 0 Å². The first-order valence-corrected chi connectivity index (χ1v) is 3.40. The number of hydrogen-bond donors (Lipinski definition) is 0. The van der Waals surface area contributed by atoms with E-state index in [1.807, 2.05) is 6.07 Å². The molecular weight excluding hydrogens is 143 g/mol. The van der Waals surface area contributed by atoms with Gasteiger partial charge in [-0.25, -0.2) is 0 Å². The fourth-order valence-corrected chi connectivity index (χ4v) is 1.13. The van der Waals surface area contributed by atoms with Gasteiger partial charge in [0.05, 0.1) is 0 Å². The molecule has 2 aliphatic carbocycles. The molecule has 0 atom stereocenters. The van der Waals surface area contributed by atoms with E-state index in [2.05, 4.69) is 42.5 Å². The standard InChI is InChI=1S/C10H8.Na/c1-2-5-9-7-4-8-10(9)6-3-1;/h1-8H;. The van der Waals surface area contributed by atoms with Gasteiger partial charge < -0.3 is 0 Å². The van der Waals surface area contributed by atoms with E-state index in [-0.39, 0.29) is 29.6 Å². The fraction of sp³-hybridized carbons (Fsp3) is 0. The molecule has 49 valence electrons. The monoisotopic (exact) mass is 151 g/mol. The quantitative estimate of drug-likeness (QED) is 0.507. The SMILES string of the molecule is [Na].c1ccc2cccc-2cc1. The Morgan fingerprint density at radius 2 is 1.00 bits per heavy atom. The molecule has 0 aromatic rings. The van der Waals surface area contributed by atoms with Crippen molar-refractivity contribution in [1.82, 2.24) is 0 Å². The van der Waals surface area contributed by atoms with Gasteiger partial charge in [0, 0.05) is 29.6 Å². The average Bonchev–Trinajstić information content (AvgIpc) is 2.28. The molecular formula is C10H8Na. The minimum Gasteiger partial charge on any atom is -0.0622 e. The van der Waals surface area contributed by atoms with Crippen LogP contribution in [-0.4, -0.2) is 29.6 Å². The van der Waals surface area contributed by atoms with Crippen LogP contribution < -0.4 is 0 Å². The van der Waals surface area contributed by atoms with E-state index in [4.69, 9.17) is 0 Å². The van der Waals surface area contributed by atoms with Gasteiger partial charge in [-0.3, -0.25) is 0 Å². The molecule has 0 nitrogen and oxygen atoms in total. The minimum atomic E-state index is 0. The van der Waals surface area contributed by atoms with E-state index in [1.165, 1.54) is 11.1 Å². The molecule has 2 rings (SSSR count). The average molecular weight is 151 g/mol. The topological polar surface area (TPSA) is 0 Å². The molecule has 2 aliphatic rings. The summed E-state index contributed by atoms with van der Waals surface area (Å²) in [6.07, 6.45) is 0. The van der Waals surface area contributed by atoms with Crippen molar-refractivity contribution in [2.75, 3.05) is 0 Å². The van der Waals surface area contributed by atoms with Crippen molar-refractivity contribution in [2.45, 2.75) is 0 Å². The summed E-state index contributed by atoms with van der Waals surface area (Å²) in [5.74, 6) is 0. The van der Waals surface area contributed by atoms with Crippen LogP contribution in [0.3, 0.4) is 0 Å². The summed E-state index contributed by atoms with van der Waals surface area (Å²) in [4.78, 5) is 0. The zero-order chi connectivity index (χ0) is 6.81. The van der Waals surface area contributed by atoms with Crippen LogP contribution in [0.1, 0.15) is 0 Å². The molecule has 0 saturated carbocycles. The normalized spacial score (nSPS) is 9.09. The van der Waals surface area contributed by atoms with Crippen LogP contribution in [0.25, 0.3) is 11.1 Å². The minimum absolute atomic E-state index is 0. The van der Waals surface area contributed by atoms with Crippen LogP contribution in [-0.2, 0) is 0 Å². The Hall–Kier alpha value is -0.300. The fourth-order valence-electron chi connectivity index (χ4n) is 1.13. The third kappa shape index (κ3) is 1.84. The second kappa shape index (κ2) is 3.91. The van der Waals surface area contributed by atoms with E-state index in [1.54, 1.807) is 0 Å². The van der Waals surface area contributed by atoms with Gasteiger partial charge in [0.2, 0.25) is 0 Å². The third-order valence-electron chi connectivity index (χ3n) is 1.66. The number of rotatable bonds is 0. The van der Waals surface area contributed by atoms with E-state index in [9.17, 15) is 0 Å². The number of fused-ring (bicyclic) bond motifs is 1. The molecule has 0 saturated heterocycles. The maximum absolute atomic E-state index is 2.12. The van der Waals surface area contributed by atoms with Crippen molar-refractivity contribution in [3.63, 3.8) is 0 Å². The molecule has 1 radical (unpaired) electrons. The summed E-state index contributed by atoms with van der Waals surface area (Å²) in [6, 6.07) is 16.7. The van der Waals surface area contributed by atoms with E-state index in [0.29, 0.717) is 0 Å². The first kappa shape index (κ1) is 8.79. The van der Waals surface area contributed by atoms with Crippen molar-refractivity contribution >= 4 is 29.6 Å². The van der Waals surface area contributed by atoms with Crippen LogP contribution >= 0.6 is 0 Å². The molecule has 0 unspecified atom stereocenters. The summed E-state index contributed by atoms with van der Waals surface area (Å²) >= 11 is 0. The Bertz CT molecular complexity index is 276. The van der Waals surface area contributed by atoms with Crippen molar-refractivity contribution in [2.24, 2.45) is 0 Å². The first-order chi connectivity index (χ1) is 4.97. The van der Waals surface area contributed by atoms with Gasteiger partial charge in [0.15, 0.2) is 0 Å². The zero-order valence-electron chi connectivity index (χ0n) is 6.62. The third-order valence-corrected chi connectivity index (χ3v) is 1.66. The molecule has 11 heavy (non-hydrogen) atoms. The van der Waals surface area contributed by atoms with Crippen LogP contribution in [0.15, 0.2) is 48.5 Å². The van der Waals surface area contributed by atoms with Crippen LogP contribution in [0.5, 0.6) is 0 Å². The Morgan fingerprint density at radius 1 is 0.545 bits per heavy atom. The van der Waals surface area contributed by atoms with Gasteiger partial charge in [-0.2, -0.15) is 0 Å². The van der Waals surface area contributed by atoms with Gasteiger partial charge >= 0.3 is 0 Å². The Balaban J connectivity index is 0.000000605. The van der Waals surface area contributed by atoms with Crippen molar-refractivity contribution in [3.8, 4) is 11.1 Å². The predicted octanol–water partition coefficient (Wildman–Crippen LogP) is 2.41. The van der Waals surface area contributed by atoms with Gasteiger partial charge in [0.1, 0.15) is 0 Å². The van der Waals surface area contributed by atoms with Crippen LogP contribution in [0.4, 0.5) is 0 Å². The molecule has 0 aromatic carbocycles. The summed E-state index contributed by atoms with van der Waals surface area (Å²) < 4.78 is 0. The Labute approximate surface area is 88.9 Å². The Morgan fingerprint density at radius 3 is 1.55 bits per heavy atom. The molecule has 0 spiro atoms. The van der Waals surface area contributed by atoms with Gasteiger partial charge in [-0.15, -0.1) is 0 Å². The van der Waals surface area contributed by atoms with Gasteiger partial charge in [-0.1, -0.05) is 48.5 Å². The van der Waals surface area contributed by atoms with Crippen LogP contribution in [0, 0.1) is 0 Å². The summed E-state index contributed by atoms with van der Waals surface area (Å²) in [7, 11) is 0. The van der Waals surface area contributed by atoms with E-state index in [0.717, 1.165) is 0 Å². The molecule has 1 heteroatoms. The largest absolute Gasteiger partial charge is 0.0622 e. The molecule has 0 aromatic heterocycles. The van der Waals surface area contributed by atoms with Crippen molar-refractivity contribution < 1.29 is 0 Å². The molecule has 0 heterocycles. The summed E-state index contributed by atoms with van der Waals surface area (Å²) in [6.45, 7) is 0. The van der Waals surface area contributed by atoms with Gasteiger partial charge in [0.25, 0.3) is 0 Å². The second-order valence-corrected chi connectivity index (χ2v) is 2.35. The molecule has 0 aliphatic heterocycles. The predicted molar refractivity (Wildman–Crippen MR) is 48.8 cm³/mol. The molecule has 0 fully saturated rings. The molecule has 0 bridgehead atoms. The smallest absolute Gasteiger partial charge is 0 e. The van der Waals surface area contributed by atoms with Gasteiger partial charge in [-0.05, 0) is 11.1 Å². The zero-order valence-corrected chi connectivity index (χ0v) is 8.62. The Kier molecular flexibility index (Phi) is 3.13. The number of hydrogen-bond acceptors (Lipinski definition) is 0. The van der Waals surface area contributed by atoms with E-state index >= 15 is 0 Å². The summed E-state index contributed by atoms with van der Waals surface area (Å²) in [5.41, 5.74) is 2.62.